The number of nitrogens with zero attached hydrogens (tertiary/aromatic N) is 14. The number of tetrazole rings is 2. The molecule has 0 aliphatic carbocycles. The van der Waals surface area contributed by atoms with Crippen molar-refractivity contribution in [2.45, 2.75) is 210 Å². The zero-order valence-corrected chi connectivity index (χ0v) is 37.4. The predicted molar refractivity (Wildman–Crippen MR) is 210 cm³/mol. The molecule has 52 heavy (non-hydrogen) atoms. The molecule has 296 valence electrons. The lowest BCUT2D eigenvalue weighted by Gasteiger charge is -2.25. The van der Waals surface area contributed by atoms with Crippen molar-refractivity contribution in [2.75, 3.05) is 0 Å². The highest BCUT2D eigenvalue weighted by Crippen LogP contribution is 2.25. The van der Waals surface area contributed by atoms with Gasteiger partial charge in [-0.15, -0.1) is 25.5 Å². The van der Waals surface area contributed by atoms with Gasteiger partial charge in [-0.25, -0.2) is 14.0 Å². The van der Waals surface area contributed by atoms with Gasteiger partial charge in [0.25, 0.3) is 0 Å². The SMILES string of the molecule is CC(C)(C)c1cn(C(C)(C)C)nn1.CC(C)(C)c1cn(C(C)(C)C)nn1.CC(C)(C)c1nnn(C(C)(C)C)n1.CC(C)(C)c1nnnn1C(C)(C)C. The van der Waals surface area contributed by atoms with Gasteiger partial charge in [-0.2, -0.15) is 4.80 Å². The molecule has 4 aromatic rings. The maximum absolute atomic E-state index is 4.35. The van der Waals surface area contributed by atoms with Crippen LogP contribution >= 0.6 is 0 Å². The first-order chi connectivity index (χ1) is 22.9. The van der Waals surface area contributed by atoms with Crippen molar-refractivity contribution < 1.29 is 0 Å². The van der Waals surface area contributed by atoms with E-state index < -0.39 is 0 Å². The summed E-state index contributed by atoms with van der Waals surface area (Å²) >= 11 is 0. The first-order valence-electron chi connectivity index (χ1n) is 18.3. The number of hydrogen-bond donors (Lipinski definition) is 0. The fourth-order valence-corrected chi connectivity index (χ4v) is 3.78. The van der Waals surface area contributed by atoms with Gasteiger partial charge in [-0.3, -0.25) is 0 Å². The molecule has 4 rings (SSSR count). The summed E-state index contributed by atoms with van der Waals surface area (Å²) in [6.45, 7) is 50.6. The predicted octanol–water partition coefficient (Wildman–Crippen LogP) is 8.11. The molecule has 4 heterocycles. The van der Waals surface area contributed by atoms with E-state index in [1.807, 2.05) is 26.4 Å². The first kappa shape index (κ1) is 46.4. The van der Waals surface area contributed by atoms with Crippen LogP contribution in [-0.2, 0) is 43.8 Å². The molecule has 0 atom stereocenters. The Balaban J connectivity index is 0.000000347. The Hall–Kier alpha value is -3.58. The molecule has 14 nitrogen and oxygen atoms in total. The van der Waals surface area contributed by atoms with Gasteiger partial charge in [-0.1, -0.05) is 93.5 Å². The molecule has 0 bridgehead atoms. The highest BCUT2D eigenvalue weighted by molar-refractivity contribution is 5.08. The summed E-state index contributed by atoms with van der Waals surface area (Å²) in [5.74, 6) is 1.72. The number of aromatic nitrogens is 14. The Labute approximate surface area is 315 Å². The topological polar surface area (TPSA) is 149 Å². The monoisotopic (exact) mass is 727 g/mol. The molecule has 0 N–H and O–H groups in total. The minimum atomic E-state index is -0.0868. The second kappa shape index (κ2) is 15.8. The Morgan fingerprint density at radius 2 is 0.788 bits per heavy atom. The molecular weight excluding hydrogens is 653 g/mol. The Kier molecular flexibility index (Phi) is 14.1. The lowest BCUT2D eigenvalue weighted by atomic mass is 9.93. The van der Waals surface area contributed by atoms with Gasteiger partial charge in [0.2, 0.25) is 0 Å². The van der Waals surface area contributed by atoms with E-state index in [0.29, 0.717) is 0 Å². The van der Waals surface area contributed by atoms with E-state index in [-0.39, 0.29) is 43.8 Å². The zero-order chi connectivity index (χ0) is 41.1. The summed E-state index contributed by atoms with van der Waals surface area (Å²) in [7, 11) is 0. The molecule has 14 heteroatoms. The molecule has 0 radical (unpaired) electrons. The van der Waals surface area contributed by atoms with Crippen LogP contribution in [0.4, 0.5) is 0 Å². The van der Waals surface area contributed by atoms with Gasteiger partial charge < -0.3 is 0 Å². The molecular formula is C38H74N14. The molecule has 0 aliphatic rings. The summed E-state index contributed by atoms with van der Waals surface area (Å²) in [5.41, 5.74) is 2.15. The van der Waals surface area contributed by atoms with Crippen molar-refractivity contribution in [1.29, 1.82) is 0 Å². The lowest BCUT2D eigenvalue weighted by Crippen LogP contribution is -2.30. The molecule has 0 saturated heterocycles. The van der Waals surface area contributed by atoms with E-state index in [9.17, 15) is 0 Å². The van der Waals surface area contributed by atoms with Crippen LogP contribution in [0.2, 0.25) is 0 Å². The first-order valence-corrected chi connectivity index (χ1v) is 18.3. The number of rotatable bonds is 0. The van der Waals surface area contributed by atoms with Crippen LogP contribution < -0.4 is 0 Å². The standard InChI is InChI=1S/2C10H19N3.2C9H18N4/c2*1-9(2,3)8-7-13(12-11-8)10(4,5)6;1-8(2,3)7-10-11-12-13(7)9(4,5)6;1-8(2,3)7-10-12-13(11-7)9(4,5)6/h2*7H,1-6H3;2*1-6H3. The van der Waals surface area contributed by atoms with Crippen molar-refractivity contribution in [1.82, 2.24) is 70.4 Å². The maximum Gasteiger partial charge on any atom is 0.180 e. The van der Waals surface area contributed by atoms with Crippen LogP contribution in [-0.4, -0.2) is 70.4 Å². The van der Waals surface area contributed by atoms with Gasteiger partial charge in [0.1, 0.15) is 0 Å². The van der Waals surface area contributed by atoms with E-state index in [2.05, 4.69) is 218 Å². The summed E-state index contributed by atoms with van der Waals surface area (Å²) in [4.78, 5) is 1.66. The quantitative estimate of drug-likeness (QED) is 0.174. The molecule has 0 aromatic carbocycles. The Morgan fingerprint density at radius 3 is 0.981 bits per heavy atom. The van der Waals surface area contributed by atoms with Crippen LogP contribution in [0, 0.1) is 0 Å². The highest BCUT2D eigenvalue weighted by atomic mass is 15.6. The molecule has 0 saturated carbocycles. The normalized spacial score (nSPS) is 13.4. The average molecular weight is 727 g/mol. The molecule has 0 spiro atoms. The molecule has 0 aliphatic heterocycles. The molecule has 0 unspecified atom stereocenters. The van der Waals surface area contributed by atoms with E-state index in [0.717, 1.165) is 23.0 Å². The number of hydrogen-bond acceptors (Lipinski definition) is 10. The highest BCUT2D eigenvalue weighted by Gasteiger charge is 2.28. The minimum Gasteiger partial charge on any atom is -0.247 e. The van der Waals surface area contributed by atoms with Crippen LogP contribution in [0.15, 0.2) is 12.4 Å². The van der Waals surface area contributed by atoms with Crippen LogP contribution in [0.1, 0.15) is 189 Å². The Morgan fingerprint density at radius 1 is 0.385 bits per heavy atom. The third-order valence-corrected chi connectivity index (χ3v) is 7.36. The van der Waals surface area contributed by atoms with Crippen LogP contribution in [0.3, 0.4) is 0 Å². The maximum atomic E-state index is 4.35. The third-order valence-electron chi connectivity index (χ3n) is 7.36. The van der Waals surface area contributed by atoms with Crippen molar-refractivity contribution >= 4 is 0 Å². The van der Waals surface area contributed by atoms with Gasteiger partial charge >= 0.3 is 0 Å². The van der Waals surface area contributed by atoms with E-state index in [4.69, 9.17) is 0 Å². The van der Waals surface area contributed by atoms with Gasteiger partial charge in [0, 0.05) is 34.1 Å². The van der Waals surface area contributed by atoms with E-state index in [1.165, 1.54) is 0 Å². The van der Waals surface area contributed by atoms with Gasteiger partial charge in [0.15, 0.2) is 11.6 Å². The van der Waals surface area contributed by atoms with Crippen molar-refractivity contribution in [2.24, 2.45) is 0 Å². The van der Waals surface area contributed by atoms with Gasteiger partial charge in [0.05, 0.1) is 33.5 Å². The summed E-state index contributed by atoms with van der Waals surface area (Å²) in [6.07, 6.45) is 4.06. The minimum absolute atomic E-state index is 0.00319. The average Bonchev–Trinajstić information content (AvgIpc) is 3.72. The summed E-state index contributed by atoms with van der Waals surface area (Å²) in [6, 6.07) is 0. The zero-order valence-electron chi connectivity index (χ0n) is 37.4. The second-order valence-electron chi connectivity index (χ2n) is 21.6. The molecule has 0 fully saturated rings. The van der Waals surface area contributed by atoms with E-state index >= 15 is 0 Å². The second-order valence-corrected chi connectivity index (χ2v) is 21.6. The summed E-state index contributed by atoms with van der Waals surface area (Å²) < 4.78 is 5.70. The van der Waals surface area contributed by atoms with Crippen molar-refractivity contribution in [3.8, 4) is 0 Å². The Bertz CT molecular complexity index is 1380. The van der Waals surface area contributed by atoms with Gasteiger partial charge in [-0.05, 0) is 98.7 Å². The largest absolute Gasteiger partial charge is 0.247 e. The smallest absolute Gasteiger partial charge is 0.180 e. The fraction of sp³-hybridized carbons (Fsp3) is 0.842. The van der Waals surface area contributed by atoms with Crippen molar-refractivity contribution in [3.63, 3.8) is 0 Å². The lowest BCUT2D eigenvalue weighted by molar-refractivity contribution is 0.303. The van der Waals surface area contributed by atoms with E-state index in [1.54, 1.807) is 4.80 Å². The molecule has 4 aromatic heterocycles. The third kappa shape index (κ3) is 14.4. The van der Waals surface area contributed by atoms with Crippen LogP contribution in [0.25, 0.3) is 0 Å². The summed E-state index contributed by atoms with van der Waals surface area (Å²) in [5, 5.41) is 40.8. The molecule has 0 amide bonds. The van der Waals surface area contributed by atoms with Crippen LogP contribution in [0.5, 0.6) is 0 Å². The van der Waals surface area contributed by atoms with Crippen molar-refractivity contribution in [3.05, 3.63) is 35.4 Å². The fourth-order valence-electron chi connectivity index (χ4n) is 3.78.